The van der Waals surface area contributed by atoms with E-state index in [4.69, 9.17) is 12.2 Å². The number of nitrogens with one attached hydrogen (secondary N) is 1. The van der Waals surface area contributed by atoms with Crippen molar-refractivity contribution in [2.24, 2.45) is 7.05 Å². The number of aromatic amines is 1. The standard InChI is InChI=1S/C10H13BrN4S/c1-4-7-8-9(14(3)13-7)15(5-6(2)11)10(16)12-8/h2,4-5H2,1,3H3,(H,12,16). The van der Waals surface area contributed by atoms with Gasteiger partial charge in [0, 0.05) is 11.5 Å². The van der Waals surface area contributed by atoms with Gasteiger partial charge in [0.05, 0.1) is 12.2 Å². The highest BCUT2D eigenvalue weighted by Gasteiger charge is 2.13. The number of halogens is 1. The molecule has 0 saturated heterocycles. The van der Waals surface area contributed by atoms with Crippen LogP contribution in [0.15, 0.2) is 11.1 Å². The molecule has 0 bridgehead atoms. The van der Waals surface area contributed by atoms with E-state index in [1.54, 1.807) is 0 Å². The fourth-order valence-corrected chi connectivity index (χ4v) is 2.35. The summed E-state index contributed by atoms with van der Waals surface area (Å²) in [7, 11) is 1.93. The number of hydrogen-bond donors (Lipinski definition) is 1. The molecule has 1 N–H and O–H groups in total. The highest BCUT2D eigenvalue weighted by molar-refractivity contribution is 9.11. The number of aryl methyl sites for hydroxylation is 2. The van der Waals surface area contributed by atoms with Crippen LogP contribution in [-0.4, -0.2) is 19.3 Å². The molecule has 4 nitrogen and oxygen atoms in total. The highest BCUT2D eigenvalue weighted by atomic mass is 79.9. The zero-order chi connectivity index (χ0) is 11.9. The number of allylic oxidation sites excluding steroid dienone is 1. The van der Waals surface area contributed by atoms with E-state index in [0.29, 0.717) is 11.3 Å². The average Bonchev–Trinajstić information content (AvgIpc) is 2.66. The Kier molecular flexibility index (Phi) is 3.03. The summed E-state index contributed by atoms with van der Waals surface area (Å²) in [6, 6.07) is 0. The first-order chi connectivity index (χ1) is 7.54. The van der Waals surface area contributed by atoms with E-state index >= 15 is 0 Å². The third kappa shape index (κ3) is 1.76. The van der Waals surface area contributed by atoms with Crippen LogP contribution < -0.4 is 0 Å². The van der Waals surface area contributed by atoms with Crippen LogP contribution in [0.25, 0.3) is 11.2 Å². The van der Waals surface area contributed by atoms with Crippen molar-refractivity contribution < 1.29 is 0 Å². The van der Waals surface area contributed by atoms with Crippen molar-refractivity contribution in [1.82, 2.24) is 19.3 Å². The van der Waals surface area contributed by atoms with Crippen molar-refractivity contribution in [2.75, 3.05) is 0 Å². The van der Waals surface area contributed by atoms with Gasteiger partial charge in [-0.05, 0) is 18.6 Å². The number of hydrogen-bond acceptors (Lipinski definition) is 2. The number of imidazole rings is 1. The number of fused-ring (bicyclic) bond motifs is 1. The zero-order valence-corrected chi connectivity index (χ0v) is 11.7. The first-order valence-corrected chi connectivity index (χ1v) is 6.22. The van der Waals surface area contributed by atoms with E-state index in [9.17, 15) is 0 Å². The molecule has 0 unspecified atom stereocenters. The summed E-state index contributed by atoms with van der Waals surface area (Å²) in [5.74, 6) is 0. The van der Waals surface area contributed by atoms with E-state index in [1.807, 2.05) is 16.3 Å². The van der Waals surface area contributed by atoms with Gasteiger partial charge in [0.1, 0.15) is 5.52 Å². The molecule has 2 aromatic rings. The Labute approximate surface area is 107 Å². The third-order valence-electron chi connectivity index (χ3n) is 2.49. The maximum Gasteiger partial charge on any atom is 0.179 e. The first kappa shape index (κ1) is 11.6. The van der Waals surface area contributed by atoms with E-state index in [-0.39, 0.29) is 0 Å². The summed E-state index contributed by atoms with van der Waals surface area (Å²) in [4.78, 5) is 3.21. The van der Waals surface area contributed by atoms with E-state index in [2.05, 4.69) is 39.5 Å². The molecule has 0 aliphatic carbocycles. The van der Waals surface area contributed by atoms with E-state index < -0.39 is 0 Å². The van der Waals surface area contributed by atoms with Crippen LogP contribution in [0.5, 0.6) is 0 Å². The number of nitrogens with zero attached hydrogens (tertiary/aromatic N) is 3. The molecule has 2 rings (SSSR count). The van der Waals surface area contributed by atoms with Gasteiger partial charge in [-0.2, -0.15) is 5.10 Å². The SMILES string of the molecule is C=C(Br)Cn1c(=S)[nH]c2c(CC)nn(C)c21. The smallest absolute Gasteiger partial charge is 0.179 e. The van der Waals surface area contributed by atoms with Crippen molar-refractivity contribution >= 4 is 39.3 Å². The summed E-state index contributed by atoms with van der Waals surface area (Å²) in [6.07, 6.45) is 0.891. The maximum absolute atomic E-state index is 5.30. The Balaban J connectivity index is 2.73. The fourth-order valence-electron chi connectivity index (χ4n) is 1.84. The van der Waals surface area contributed by atoms with E-state index in [1.165, 1.54) is 0 Å². The van der Waals surface area contributed by atoms with E-state index in [0.717, 1.165) is 27.8 Å². The second-order valence-electron chi connectivity index (χ2n) is 3.66. The molecule has 0 aliphatic rings. The molecule has 2 aromatic heterocycles. The second kappa shape index (κ2) is 4.18. The summed E-state index contributed by atoms with van der Waals surface area (Å²) in [6.45, 7) is 6.58. The lowest BCUT2D eigenvalue weighted by molar-refractivity contribution is 0.714. The van der Waals surface area contributed by atoms with Crippen LogP contribution in [0.2, 0.25) is 0 Å². The second-order valence-corrected chi connectivity index (χ2v) is 5.16. The molecule has 86 valence electrons. The van der Waals surface area contributed by atoms with Gasteiger partial charge in [0.25, 0.3) is 0 Å². The van der Waals surface area contributed by atoms with Crippen LogP contribution >= 0.6 is 28.1 Å². The molecule has 0 aromatic carbocycles. The lowest BCUT2D eigenvalue weighted by Gasteiger charge is -2.02. The minimum Gasteiger partial charge on any atom is -0.328 e. The van der Waals surface area contributed by atoms with Crippen molar-refractivity contribution in [3.05, 3.63) is 21.5 Å². The van der Waals surface area contributed by atoms with Gasteiger partial charge in [-0.25, -0.2) is 0 Å². The summed E-state index contributed by atoms with van der Waals surface area (Å²) in [5, 5.41) is 4.45. The molecular weight excluding hydrogens is 288 g/mol. The molecule has 0 spiro atoms. The Morgan fingerprint density at radius 2 is 2.31 bits per heavy atom. The molecule has 0 saturated carbocycles. The third-order valence-corrected chi connectivity index (χ3v) is 3.06. The molecule has 0 radical (unpaired) electrons. The van der Waals surface area contributed by atoms with Crippen molar-refractivity contribution in [2.45, 2.75) is 19.9 Å². The van der Waals surface area contributed by atoms with Gasteiger partial charge in [0.2, 0.25) is 0 Å². The molecule has 2 heterocycles. The Morgan fingerprint density at radius 3 is 2.88 bits per heavy atom. The van der Waals surface area contributed by atoms with Crippen LogP contribution in [0.3, 0.4) is 0 Å². The quantitative estimate of drug-likeness (QED) is 0.885. The zero-order valence-electron chi connectivity index (χ0n) is 9.25. The van der Waals surface area contributed by atoms with Crippen molar-refractivity contribution in [1.29, 1.82) is 0 Å². The van der Waals surface area contributed by atoms with Crippen molar-refractivity contribution in [3.8, 4) is 0 Å². The van der Waals surface area contributed by atoms with Gasteiger partial charge in [-0.3, -0.25) is 9.25 Å². The number of aromatic nitrogens is 4. The topological polar surface area (TPSA) is 38.5 Å². The monoisotopic (exact) mass is 300 g/mol. The molecule has 0 fully saturated rings. The van der Waals surface area contributed by atoms with Crippen LogP contribution in [0, 0.1) is 4.77 Å². The van der Waals surface area contributed by atoms with Crippen LogP contribution in [0.1, 0.15) is 12.6 Å². The molecule has 0 atom stereocenters. The van der Waals surface area contributed by atoms with Gasteiger partial charge < -0.3 is 4.98 Å². The van der Waals surface area contributed by atoms with Gasteiger partial charge in [-0.1, -0.05) is 29.4 Å². The van der Waals surface area contributed by atoms with Crippen LogP contribution in [-0.2, 0) is 20.0 Å². The number of rotatable bonds is 3. The number of H-pyrrole nitrogens is 1. The Hall–Kier alpha value is -0.880. The highest BCUT2D eigenvalue weighted by Crippen LogP contribution is 2.19. The van der Waals surface area contributed by atoms with Gasteiger partial charge in [0.15, 0.2) is 10.4 Å². The molecule has 6 heteroatoms. The summed E-state index contributed by atoms with van der Waals surface area (Å²) < 4.78 is 5.45. The van der Waals surface area contributed by atoms with Crippen molar-refractivity contribution in [3.63, 3.8) is 0 Å². The van der Waals surface area contributed by atoms with Gasteiger partial charge >= 0.3 is 0 Å². The molecule has 0 aliphatic heterocycles. The molecule has 0 amide bonds. The average molecular weight is 301 g/mol. The maximum atomic E-state index is 5.30. The minimum atomic E-state index is 0.654. The first-order valence-electron chi connectivity index (χ1n) is 5.02. The largest absolute Gasteiger partial charge is 0.328 e. The lowest BCUT2D eigenvalue weighted by atomic mass is 10.3. The Bertz CT molecular complexity index is 604. The predicted molar refractivity (Wildman–Crippen MR) is 71.3 cm³/mol. The predicted octanol–water partition coefficient (Wildman–Crippen LogP) is 2.90. The summed E-state index contributed by atoms with van der Waals surface area (Å²) >= 11 is 8.66. The normalized spacial score (nSPS) is 11.2. The Morgan fingerprint density at radius 1 is 1.62 bits per heavy atom. The van der Waals surface area contributed by atoms with Crippen LogP contribution in [0.4, 0.5) is 0 Å². The molecule has 16 heavy (non-hydrogen) atoms. The fraction of sp³-hybridized carbons (Fsp3) is 0.400. The molecular formula is C10H13BrN4S. The van der Waals surface area contributed by atoms with Gasteiger partial charge in [-0.15, -0.1) is 0 Å². The minimum absolute atomic E-state index is 0.654. The lowest BCUT2D eigenvalue weighted by Crippen LogP contribution is -2.03. The summed E-state index contributed by atoms with van der Waals surface area (Å²) in [5.41, 5.74) is 3.09.